The number of hydrogen-bond acceptors (Lipinski definition) is 3. The van der Waals surface area contributed by atoms with Gasteiger partial charge in [-0.05, 0) is 24.6 Å². The lowest BCUT2D eigenvalue weighted by atomic mass is 10.1. The van der Waals surface area contributed by atoms with Crippen LogP contribution in [0.3, 0.4) is 0 Å². The van der Waals surface area contributed by atoms with Crippen molar-refractivity contribution in [3.63, 3.8) is 0 Å². The van der Waals surface area contributed by atoms with E-state index in [1.54, 1.807) is 18.2 Å². The van der Waals surface area contributed by atoms with Crippen LogP contribution in [0.1, 0.15) is 68.6 Å². The Labute approximate surface area is 132 Å². The number of carbonyl (C=O) groups is 1. The minimum atomic E-state index is -0.391. The van der Waals surface area contributed by atoms with Gasteiger partial charge in [0.1, 0.15) is 0 Å². The van der Waals surface area contributed by atoms with Crippen LogP contribution in [-0.4, -0.2) is 12.6 Å². The summed E-state index contributed by atoms with van der Waals surface area (Å²) in [7, 11) is 0. The molecule has 0 amide bonds. The van der Waals surface area contributed by atoms with Crippen molar-refractivity contribution >= 4 is 23.3 Å². The molecular formula is C17H26ClNO2. The van der Waals surface area contributed by atoms with Crippen molar-refractivity contribution in [2.24, 2.45) is 0 Å². The average molecular weight is 312 g/mol. The highest BCUT2D eigenvalue weighted by molar-refractivity contribution is 6.31. The molecule has 0 heterocycles. The summed E-state index contributed by atoms with van der Waals surface area (Å²) in [5.74, 6) is -0.391. The fraction of sp³-hybridized carbons (Fsp3) is 0.588. The molecule has 0 saturated carbocycles. The second kappa shape index (κ2) is 10.5. The van der Waals surface area contributed by atoms with E-state index in [9.17, 15) is 4.79 Å². The Morgan fingerprint density at radius 3 is 2.38 bits per heavy atom. The van der Waals surface area contributed by atoms with Gasteiger partial charge in [0.05, 0.1) is 12.2 Å². The van der Waals surface area contributed by atoms with Gasteiger partial charge in [-0.15, -0.1) is 0 Å². The van der Waals surface area contributed by atoms with Crippen molar-refractivity contribution < 1.29 is 9.53 Å². The molecule has 0 bridgehead atoms. The van der Waals surface area contributed by atoms with E-state index in [1.165, 1.54) is 38.5 Å². The molecule has 0 spiro atoms. The van der Waals surface area contributed by atoms with Crippen LogP contribution in [0.5, 0.6) is 0 Å². The van der Waals surface area contributed by atoms with Crippen LogP contribution in [0.25, 0.3) is 0 Å². The molecule has 1 aromatic rings. The fourth-order valence-electron chi connectivity index (χ4n) is 2.18. The number of nitrogens with two attached hydrogens (primary N) is 1. The lowest BCUT2D eigenvalue weighted by molar-refractivity contribution is 0.0499. The fourth-order valence-corrected chi connectivity index (χ4v) is 2.36. The standard InChI is InChI=1S/C17H26ClNO2/c1-2-3-4-5-6-7-8-9-12-21-17(20)15-13-14(18)10-11-16(15)19/h10-11,13H,2-9,12,19H2,1H3. The van der Waals surface area contributed by atoms with Crippen molar-refractivity contribution in [1.29, 1.82) is 0 Å². The predicted molar refractivity (Wildman–Crippen MR) is 88.8 cm³/mol. The normalized spacial score (nSPS) is 10.6. The number of benzene rings is 1. The number of hydrogen-bond donors (Lipinski definition) is 1. The molecule has 118 valence electrons. The van der Waals surface area contributed by atoms with Gasteiger partial charge in [0.2, 0.25) is 0 Å². The van der Waals surface area contributed by atoms with E-state index in [0.29, 0.717) is 22.9 Å². The van der Waals surface area contributed by atoms with Crippen LogP contribution in [-0.2, 0) is 4.74 Å². The predicted octanol–water partition coefficient (Wildman–Crippen LogP) is 5.22. The van der Waals surface area contributed by atoms with Gasteiger partial charge in [0, 0.05) is 10.7 Å². The first-order valence-corrected chi connectivity index (χ1v) is 8.25. The molecular weight excluding hydrogens is 286 g/mol. The highest BCUT2D eigenvalue weighted by atomic mass is 35.5. The van der Waals surface area contributed by atoms with Crippen molar-refractivity contribution in [3.05, 3.63) is 28.8 Å². The van der Waals surface area contributed by atoms with Gasteiger partial charge < -0.3 is 10.5 Å². The lowest BCUT2D eigenvalue weighted by Crippen LogP contribution is -2.09. The molecule has 1 rings (SSSR count). The van der Waals surface area contributed by atoms with E-state index in [2.05, 4.69) is 6.92 Å². The zero-order chi connectivity index (χ0) is 15.5. The van der Waals surface area contributed by atoms with Crippen molar-refractivity contribution in [1.82, 2.24) is 0 Å². The monoisotopic (exact) mass is 311 g/mol. The van der Waals surface area contributed by atoms with Crippen LogP contribution in [0.4, 0.5) is 5.69 Å². The third-order valence-electron chi connectivity index (χ3n) is 3.47. The highest BCUT2D eigenvalue weighted by Crippen LogP contribution is 2.19. The van der Waals surface area contributed by atoms with Gasteiger partial charge in [-0.1, -0.05) is 63.5 Å². The van der Waals surface area contributed by atoms with Gasteiger partial charge in [-0.25, -0.2) is 4.79 Å². The largest absolute Gasteiger partial charge is 0.462 e. The third-order valence-corrected chi connectivity index (χ3v) is 3.70. The molecule has 21 heavy (non-hydrogen) atoms. The maximum Gasteiger partial charge on any atom is 0.340 e. The first-order chi connectivity index (χ1) is 10.1. The Bertz CT molecular complexity index is 435. The molecule has 0 saturated heterocycles. The van der Waals surface area contributed by atoms with E-state index in [1.807, 2.05) is 0 Å². The van der Waals surface area contributed by atoms with E-state index < -0.39 is 5.97 Å². The molecule has 0 aliphatic carbocycles. The van der Waals surface area contributed by atoms with Gasteiger partial charge in [0.15, 0.2) is 0 Å². The minimum absolute atomic E-state index is 0.349. The summed E-state index contributed by atoms with van der Waals surface area (Å²) < 4.78 is 5.23. The van der Waals surface area contributed by atoms with Crippen LogP contribution >= 0.6 is 11.6 Å². The lowest BCUT2D eigenvalue weighted by Gasteiger charge is -2.07. The summed E-state index contributed by atoms with van der Waals surface area (Å²) in [5.41, 5.74) is 6.49. The molecule has 0 fully saturated rings. The number of carbonyl (C=O) groups excluding carboxylic acids is 1. The van der Waals surface area contributed by atoms with Crippen LogP contribution < -0.4 is 5.73 Å². The maximum absolute atomic E-state index is 11.9. The summed E-state index contributed by atoms with van der Waals surface area (Å²) >= 11 is 5.85. The third kappa shape index (κ3) is 7.37. The number of rotatable bonds is 10. The number of esters is 1. The molecule has 2 N–H and O–H groups in total. The number of unbranched alkanes of at least 4 members (excludes halogenated alkanes) is 7. The summed E-state index contributed by atoms with van der Waals surface area (Å²) in [6.07, 6.45) is 9.74. The Kier molecular flexibility index (Phi) is 8.91. The number of ether oxygens (including phenoxy) is 1. The molecule has 0 aliphatic rings. The zero-order valence-electron chi connectivity index (χ0n) is 12.9. The molecule has 0 aromatic heterocycles. The quantitative estimate of drug-likeness (QED) is 0.366. The molecule has 0 aliphatic heterocycles. The van der Waals surface area contributed by atoms with Crippen LogP contribution in [0.15, 0.2) is 18.2 Å². The van der Waals surface area contributed by atoms with Crippen LogP contribution in [0, 0.1) is 0 Å². The number of nitrogen functional groups attached to an aromatic ring is 1. The SMILES string of the molecule is CCCCCCCCCCOC(=O)c1cc(Cl)ccc1N. The van der Waals surface area contributed by atoms with E-state index in [0.717, 1.165) is 12.8 Å². The molecule has 0 radical (unpaired) electrons. The second-order valence-electron chi connectivity index (χ2n) is 5.34. The van der Waals surface area contributed by atoms with Gasteiger partial charge in [-0.3, -0.25) is 0 Å². The Hall–Kier alpha value is -1.22. The maximum atomic E-state index is 11.9. The topological polar surface area (TPSA) is 52.3 Å². The Morgan fingerprint density at radius 2 is 1.71 bits per heavy atom. The summed E-state index contributed by atoms with van der Waals surface area (Å²) in [5, 5.41) is 0.489. The molecule has 3 nitrogen and oxygen atoms in total. The molecule has 1 aromatic carbocycles. The average Bonchev–Trinajstić information content (AvgIpc) is 2.48. The van der Waals surface area contributed by atoms with E-state index in [-0.39, 0.29) is 0 Å². The Morgan fingerprint density at radius 1 is 1.10 bits per heavy atom. The van der Waals surface area contributed by atoms with Gasteiger partial charge in [-0.2, -0.15) is 0 Å². The van der Waals surface area contributed by atoms with Crippen molar-refractivity contribution in [2.45, 2.75) is 58.3 Å². The number of anilines is 1. The minimum Gasteiger partial charge on any atom is -0.462 e. The van der Waals surface area contributed by atoms with E-state index in [4.69, 9.17) is 22.1 Å². The summed E-state index contributed by atoms with van der Waals surface area (Å²) in [6.45, 7) is 2.67. The van der Waals surface area contributed by atoms with Crippen molar-refractivity contribution in [2.75, 3.05) is 12.3 Å². The van der Waals surface area contributed by atoms with Gasteiger partial charge >= 0.3 is 5.97 Å². The van der Waals surface area contributed by atoms with Crippen LogP contribution in [0.2, 0.25) is 5.02 Å². The smallest absolute Gasteiger partial charge is 0.340 e. The number of halogens is 1. The summed E-state index contributed by atoms with van der Waals surface area (Å²) in [4.78, 5) is 11.9. The highest BCUT2D eigenvalue weighted by Gasteiger charge is 2.11. The van der Waals surface area contributed by atoms with Crippen molar-refractivity contribution in [3.8, 4) is 0 Å². The molecule has 0 unspecified atom stereocenters. The first kappa shape index (κ1) is 17.8. The summed E-state index contributed by atoms with van der Waals surface area (Å²) in [6, 6.07) is 4.83. The van der Waals surface area contributed by atoms with Gasteiger partial charge in [0.25, 0.3) is 0 Å². The zero-order valence-corrected chi connectivity index (χ0v) is 13.6. The van der Waals surface area contributed by atoms with E-state index >= 15 is 0 Å². The second-order valence-corrected chi connectivity index (χ2v) is 5.78. The molecule has 0 atom stereocenters. The molecule has 4 heteroatoms. The Balaban J connectivity index is 2.12. The first-order valence-electron chi connectivity index (χ1n) is 7.87.